The summed E-state index contributed by atoms with van der Waals surface area (Å²) in [5.74, 6) is 0. The fourth-order valence-electron chi connectivity index (χ4n) is 0.755. The van der Waals surface area contributed by atoms with Crippen LogP contribution >= 0.6 is 11.6 Å². The average Bonchev–Trinajstić information content (AvgIpc) is 2.03. The van der Waals surface area contributed by atoms with E-state index in [1.165, 1.54) is 16.8 Å². The number of nitrogens with zero attached hydrogens (tertiary/aromatic N) is 2. The number of hydrogen-bond donors (Lipinski definition) is 1. The van der Waals surface area contributed by atoms with E-state index in [0.717, 1.165) is 0 Å². The molecular formula is C7H10ClN3OS. The van der Waals surface area contributed by atoms with Gasteiger partial charge in [-0.1, -0.05) is 11.6 Å². The first kappa shape index (κ1) is 10.3. The summed E-state index contributed by atoms with van der Waals surface area (Å²) in [5.41, 5.74) is 0.618. The zero-order valence-corrected chi connectivity index (χ0v) is 8.89. The number of halogens is 1. The van der Waals surface area contributed by atoms with Crippen molar-refractivity contribution in [3.63, 3.8) is 0 Å². The van der Waals surface area contributed by atoms with Gasteiger partial charge in [0.05, 0.1) is 11.9 Å². The van der Waals surface area contributed by atoms with Crippen molar-refractivity contribution < 1.29 is 4.21 Å². The van der Waals surface area contributed by atoms with Crippen molar-refractivity contribution in [3.05, 3.63) is 23.5 Å². The lowest BCUT2D eigenvalue weighted by molar-refractivity contribution is 0.677. The minimum atomic E-state index is -2.72. The highest BCUT2D eigenvalue weighted by Crippen LogP contribution is 2.15. The van der Waals surface area contributed by atoms with Crippen molar-refractivity contribution in [2.24, 2.45) is 0 Å². The topological polar surface area (TPSA) is 57.1 Å². The molecule has 1 aromatic rings. The molecule has 0 fully saturated rings. The first-order chi connectivity index (χ1) is 5.91. The monoisotopic (exact) mass is 219 g/mol. The highest BCUT2D eigenvalue weighted by molar-refractivity contribution is 7.93. The Kier molecular flexibility index (Phi) is 2.77. The van der Waals surface area contributed by atoms with Gasteiger partial charge in [0.2, 0.25) is 0 Å². The van der Waals surface area contributed by atoms with E-state index in [1.807, 2.05) is 0 Å². The molecule has 13 heavy (non-hydrogen) atoms. The van der Waals surface area contributed by atoms with Crippen molar-refractivity contribution in [1.82, 2.24) is 4.98 Å². The Morgan fingerprint density at radius 3 is 2.62 bits per heavy atom. The summed E-state index contributed by atoms with van der Waals surface area (Å²) in [4.78, 5) is 3.83. The van der Waals surface area contributed by atoms with Gasteiger partial charge in [0.25, 0.3) is 0 Å². The van der Waals surface area contributed by atoms with Gasteiger partial charge in [-0.15, -0.1) is 0 Å². The van der Waals surface area contributed by atoms with Crippen LogP contribution in [0.2, 0.25) is 5.15 Å². The predicted molar refractivity (Wildman–Crippen MR) is 54.4 cm³/mol. The molecule has 1 aromatic heterocycles. The number of nitrogens with one attached hydrogen (secondary N) is 1. The number of anilines is 1. The van der Waals surface area contributed by atoms with E-state index in [4.69, 9.17) is 16.4 Å². The molecule has 0 radical (unpaired) electrons. The number of hydrogen-bond acceptors (Lipinski definition) is 3. The fourth-order valence-corrected chi connectivity index (χ4v) is 1.38. The van der Waals surface area contributed by atoms with E-state index < -0.39 is 9.92 Å². The van der Waals surface area contributed by atoms with Crippen molar-refractivity contribution in [1.29, 1.82) is 4.78 Å². The predicted octanol–water partition coefficient (Wildman–Crippen LogP) is 1.76. The molecule has 0 aliphatic heterocycles. The van der Waals surface area contributed by atoms with Crippen LogP contribution in [0.3, 0.4) is 0 Å². The molecule has 6 heteroatoms. The smallest absolute Gasteiger partial charge is 0.129 e. The van der Waals surface area contributed by atoms with Crippen LogP contribution in [0.15, 0.2) is 18.3 Å². The van der Waals surface area contributed by atoms with E-state index in [0.29, 0.717) is 10.8 Å². The molecule has 0 saturated heterocycles. The third-order valence-corrected chi connectivity index (χ3v) is 3.08. The Morgan fingerprint density at radius 2 is 2.23 bits per heavy atom. The van der Waals surface area contributed by atoms with E-state index in [-0.39, 0.29) is 0 Å². The van der Waals surface area contributed by atoms with Gasteiger partial charge in [0, 0.05) is 13.3 Å². The quantitative estimate of drug-likeness (QED) is 0.771. The third kappa shape index (κ3) is 2.57. The second-order valence-corrected chi connectivity index (χ2v) is 5.18. The molecule has 1 heterocycles. The van der Waals surface area contributed by atoms with Gasteiger partial charge in [0.15, 0.2) is 0 Å². The van der Waals surface area contributed by atoms with Crippen LogP contribution in [0.1, 0.15) is 0 Å². The van der Waals surface area contributed by atoms with E-state index in [1.54, 1.807) is 19.2 Å². The minimum absolute atomic E-state index is 0.379. The van der Waals surface area contributed by atoms with Crippen molar-refractivity contribution in [2.75, 3.05) is 17.6 Å². The van der Waals surface area contributed by atoms with Crippen LogP contribution in [-0.2, 0) is 9.92 Å². The SMILES string of the molecule is CN(c1ccc(Cl)nc1)S(C)(=N)=O. The second kappa shape index (κ2) is 3.51. The first-order valence-corrected chi connectivity index (χ1v) is 5.80. The van der Waals surface area contributed by atoms with Crippen LogP contribution in [0.5, 0.6) is 0 Å². The fraction of sp³-hybridized carbons (Fsp3) is 0.286. The van der Waals surface area contributed by atoms with E-state index in [9.17, 15) is 4.21 Å². The summed E-state index contributed by atoms with van der Waals surface area (Å²) in [5, 5.41) is 0.379. The summed E-state index contributed by atoms with van der Waals surface area (Å²) >= 11 is 5.58. The average molecular weight is 220 g/mol. The van der Waals surface area contributed by atoms with Gasteiger partial charge in [-0.3, -0.25) is 4.31 Å². The van der Waals surface area contributed by atoms with Crippen molar-refractivity contribution >= 4 is 27.2 Å². The number of pyridine rings is 1. The van der Waals surface area contributed by atoms with Crippen molar-refractivity contribution in [2.45, 2.75) is 0 Å². The highest BCUT2D eigenvalue weighted by atomic mass is 35.5. The molecule has 0 aliphatic rings. The molecule has 0 spiro atoms. The molecule has 0 amide bonds. The second-order valence-electron chi connectivity index (χ2n) is 2.64. The zero-order valence-electron chi connectivity index (χ0n) is 7.32. The lowest BCUT2D eigenvalue weighted by atomic mass is 10.4. The highest BCUT2D eigenvalue weighted by Gasteiger charge is 2.07. The van der Waals surface area contributed by atoms with Crippen LogP contribution in [0.25, 0.3) is 0 Å². The molecule has 1 N–H and O–H groups in total. The van der Waals surface area contributed by atoms with Gasteiger partial charge >= 0.3 is 0 Å². The standard InChI is InChI=1S/C7H10ClN3OS/c1-11(13(2,9)12)6-3-4-7(8)10-5-6/h3-5,9H,1-2H3. The third-order valence-electron chi connectivity index (χ3n) is 1.60. The summed E-state index contributed by atoms with van der Waals surface area (Å²) in [6, 6.07) is 3.27. The lowest BCUT2D eigenvalue weighted by Gasteiger charge is -2.18. The van der Waals surface area contributed by atoms with Crippen LogP contribution in [0.4, 0.5) is 5.69 Å². The first-order valence-electron chi connectivity index (χ1n) is 3.50. The summed E-state index contributed by atoms with van der Waals surface area (Å²) in [7, 11) is -1.13. The molecule has 4 nitrogen and oxygen atoms in total. The van der Waals surface area contributed by atoms with Crippen LogP contribution < -0.4 is 4.31 Å². The molecule has 72 valence electrons. The lowest BCUT2D eigenvalue weighted by Crippen LogP contribution is -2.23. The Balaban J connectivity index is 3.04. The molecule has 0 saturated carbocycles. The number of aromatic nitrogens is 1. The van der Waals surface area contributed by atoms with Crippen LogP contribution in [0, 0.1) is 4.78 Å². The van der Waals surface area contributed by atoms with Gasteiger partial charge in [-0.05, 0) is 12.1 Å². The Morgan fingerprint density at radius 1 is 1.62 bits per heavy atom. The molecule has 0 aliphatic carbocycles. The molecule has 1 unspecified atom stereocenters. The van der Waals surface area contributed by atoms with Gasteiger partial charge in [-0.25, -0.2) is 14.0 Å². The van der Waals surface area contributed by atoms with E-state index >= 15 is 0 Å². The molecular weight excluding hydrogens is 210 g/mol. The minimum Gasteiger partial charge on any atom is -0.288 e. The zero-order chi connectivity index (χ0) is 10.1. The molecule has 0 aromatic carbocycles. The Labute approximate surface area is 82.6 Å². The van der Waals surface area contributed by atoms with E-state index in [2.05, 4.69) is 4.98 Å². The largest absolute Gasteiger partial charge is 0.288 e. The van der Waals surface area contributed by atoms with Gasteiger partial charge < -0.3 is 0 Å². The Hall–Kier alpha value is -0.810. The maximum atomic E-state index is 11.3. The van der Waals surface area contributed by atoms with Crippen LogP contribution in [-0.4, -0.2) is 22.5 Å². The molecule has 1 atom stereocenters. The summed E-state index contributed by atoms with van der Waals surface area (Å²) in [6.45, 7) is 0. The summed E-state index contributed by atoms with van der Waals surface area (Å²) in [6.07, 6.45) is 2.83. The normalized spacial score (nSPS) is 15.0. The van der Waals surface area contributed by atoms with Crippen molar-refractivity contribution in [3.8, 4) is 0 Å². The van der Waals surface area contributed by atoms with Gasteiger partial charge in [-0.2, -0.15) is 0 Å². The van der Waals surface area contributed by atoms with Gasteiger partial charge in [0.1, 0.15) is 15.1 Å². The summed E-state index contributed by atoms with van der Waals surface area (Å²) < 4.78 is 20.0. The number of rotatable bonds is 2. The maximum Gasteiger partial charge on any atom is 0.129 e. The Bertz CT molecular complexity index is 387. The molecule has 1 rings (SSSR count). The maximum absolute atomic E-state index is 11.3. The molecule has 0 bridgehead atoms.